The Kier molecular flexibility index (Phi) is 6.63. The van der Waals surface area contributed by atoms with E-state index in [0.717, 1.165) is 16.8 Å². The van der Waals surface area contributed by atoms with Crippen LogP contribution in [-0.4, -0.2) is 25.1 Å². The molecule has 5 nitrogen and oxygen atoms in total. The zero-order valence-corrected chi connectivity index (χ0v) is 16.1. The highest BCUT2D eigenvalue weighted by Crippen LogP contribution is 2.24. The Morgan fingerprint density at radius 2 is 1.64 bits per heavy atom. The van der Waals surface area contributed by atoms with Crippen LogP contribution < -0.4 is 14.8 Å². The summed E-state index contributed by atoms with van der Waals surface area (Å²) in [5, 5.41) is 3.11. The summed E-state index contributed by atoms with van der Waals surface area (Å²) in [4.78, 5) is 17.1. The summed E-state index contributed by atoms with van der Waals surface area (Å²) in [6.07, 6.45) is 2.68. The zero-order chi connectivity index (χ0) is 19.8. The number of aromatic nitrogens is 1. The zero-order valence-electron chi connectivity index (χ0n) is 16.1. The number of methoxy groups -OCH3 is 2. The van der Waals surface area contributed by atoms with Crippen molar-refractivity contribution < 1.29 is 14.3 Å². The minimum absolute atomic E-state index is 0.0405. The van der Waals surface area contributed by atoms with Crippen molar-refractivity contribution in [2.45, 2.75) is 18.9 Å². The van der Waals surface area contributed by atoms with Gasteiger partial charge in [0.1, 0.15) is 11.5 Å². The number of carbonyl (C=O) groups is 1. The van der Waals surface area contributed by atoms with Crippen molar-refractivity contribution in [3.8, 4) is 11.5 Å². The van der Waals surface area contributed by atoms with Gasteiger partial charge in [0.25, 0.3) is 0 Å². The normalized spacial score (nSPS) is 11.5. The Morgan fingerprint density at radius 3 is 2.25 bits per heavy atom. The van der Waals surface area contributed by atoms with E-state index in [4.69, 9.17) is 9.47 Å². The molecule has 0 aliphatic rings. The van der Waals surface area contributed by atoms with E-state index in [9.17, 15) is 4.79 Å². The van der Waals surface area contributed by atoms with Crippen molar-refractivity contribution in [2.24, 2.45) is 0 Å². The van der Waals surface area contributed by atoms with Gasteiger partial charge in [-0.3, -0.25) is 9.78 Å². The molecule has 1 atom stereocenters. The van der Waals surface area contributed by atoms with Crippen molar-refractivity contribution in [3.05, 3.63) is 89.7 Å². The first-order valence-corrected chi connectivity index (χ1v) is 9.17. The number of hydrogen-bond donors (Lipinski definition) is 1. The molecule has 1 amide bonds. The average Bonchev–Trinajstić information content (AvgIpc) is 2.77. The third-order valence-corrected chi connectivity index (χ3v) is 4.47. The van der Waals surface area contributed by atoms with Gasteiger partial charge in [-0.1, -0.05) is 36.4 Å². The molecule has 0 bridgehead atoms. The fraction of sp³-hybridized carbons (Fsp3) is 0.217. The van der Waals surface area contributed by atoms with Crippen LogP contribution >= 0.6 is 0 Å². The molecule has 0 radical (unpaired) electrons. The van der Waals surface area contributed by atoms with E-state index in [0.29, 0.717) is 24.3 Å². The fourth-order valence-corrected chi connectivity index (χ4v) is 3.02. The predicted octanol–water partition coefficient (Wildman–Crippen LogP) is 3.94. The van der Waals surface area contributed by atoms with Crippen LogP contribution in [0.15, 0.2) is 72.9 Å². The van der Waals surface area contributed by atoms with Gasteiger partial charge < -0.3 is 14.8 Å². The van der Waals surface area contributed by atoms with Crippen molar-refractivity contribution in [2.75, 3.05) is 14.2 Å². The molecule has 0 aliphatic carbocycles. The average molecular weight is 376 g/mol. The lowest BCUT2D eigenvalue weighted by Crippen LogP contribution is -2.30. The van der Waals surface area contributed by atoms with Crippen LogP contribution in [0.3, 0.4) is 0 Å². The third-order valence-electron chi connectivity index (χ3n) is 4.47. The van der Waals surface area contributed by atoms with Gasteiger partial charge in [-0.2, -0.15) is 0 Å². The van der Waals surface area contributed by atoms with Crippen LogP contribution in [0.2, 0.25) is 0 Å². The van der Waals surface area contributed by atoms with E-state index in [2.05, 4.69) is 10.3 Å². The molecule has 1 heterocycles. The Morgan fingerprint density at radius 1 is 0.964 bits per heavy atom. The summed E-state index contributed by atoms with van der Waals surface area (Å²) in [5.74, 6) is 1.39. The number of rotatable bonds is 8. The highest BCUT2D eigenvalue weighted by molar-refractivity contribution is 5.77. The smallest absolute Gasteiger partial charge is 0.221 e. The number of aryl methyl sites for hydroxylation is 1. The Bertz CT molecular complexity index is 836. The number of pyridine rings is 1. The largest absolute Gasteiger partial charge is 0.497 e. The predicted molar refractivity (Wildman–Crippen MR) is 109 cm³/mol. The Hall–Kier alpha value is -3.34. The van der Waals surface area contributed by atoms with E-state index in [1.807, 2.05) is 66.7 Å². The molecular weight excluding hydrogens is 352 g/mol. The molecule has 2 aromatic carbocycles. The molecule has 3 rings (SSSR count). The molecule has 28 heavy (non-hydrogen) atoms. The Labute approximate surface area is 165 Å². The van der Waals surface area contributed by atoms with Crippen LogP contribution in [0.1, 0.15) is 29.3 Å². The highest BCUT2D eigenvalue weighted by Gasteiger charge is 2.17. The van der Waals surface area contributed by atoms with E-state index >= 15 is 0 Å². The number of nitrogens with zero attached hydrogens (tertiary/aromatic N) is 1. The van der Waals surface area contributed by atoms with E-state index < -0.39 is 0 Å². The van der Waals surface area contributed by atoms with Gasteiger partial charge in [0.15, 0.2) is 0 Å². The maximum atomic E-state index is 12.7. The molecule has 144 valence electrons. The molecule has 0 aliphatic heterocycles. The molecule has 0 fully saturated rings. The van der Waals surface area contributed by atoms with Crippen LogP contribution in [-0.2, 0) is 11.2 Å². The lowest BCUT2D eigenvalue weighted by molar-refractivity contribution is -0.121. The van der Waals surface area contributed by atoms with Crippen molar-refractivity contribution >= 4 is 5.91 Å². The lowest BCUT2D eigenvalue weighted by Gasteiger charge is -2.19. The number of amides is 1. The summed E-state index contributed by atoms with van der Waals surface area (Å²) in [7, 11) is 3.23. The summed E-state index contributed by atoms with van der Waals surface area (Å²) in [6, 6.07) is 20.9. The van der Waals surface area contributed by atoms with Gasteiger partial charge in [-0.15, -0.1) is 0 Å². The molecule has 5 heteroatoms. The quantitative estimate of drug-likeness (QED) is 0.647. The number of hydrogen-bond acceptors (Lipinski definition) is 4. The monoisotopic (exact) mass is 376 g/mol. The number of carbonyl (C=O) groups excluding carboxylic acids is 1. The second-order valence-electron chi connectivity index (χ2n) is 6.39. The van der Waals surface area contributed by atoms with E-state index in [-0.39, 0.29) is 11.9 Å². The molecule has 0 saturated heterocycles. The first-order valence-electron chi connectivity index (χ1n) is 9.17. The van der Waals surface area contributed by atoms with E-state index in [1.165, 1.54) is 0 Å². The first kappa shape index (κ1) is 19.4. The SMILES string of the molecule is COc1cc(CCC(=O)NC(c2ccccc2)c2ccccn2)cc(OC)c1. The topological polar surface area (TPSA) is 60.5 Å². The fourth-order valence-electron chi connectivity index (χ4n) is 3.02. The summed E-state index contributed by atoms with van der Waals surface area (Å²) < 4.78 is 10.6. The molecular formula is C23H24N2O3. The highest BCUT2D eigenvalue weighted by atomic mass is 16.5. The van der Waals surface area contributed by atoms with Crippen LogP contribution in [0.5, 0.6) is 11.5 Å². The summed E-state index contributed by atoms with van der Waals surface area (Å²) in [5.41, 5.74) is 2.79. The second kappa shape index (κ2) is 9.55. The van der Waals surface area contributed by atoms with Crippen LogP contribution in [0, 0.1) is 0 Å². The minimum Gasteiger partial charge on any atom is -0.497 e. The minimum atomic E-state index is -0.283. The maximum absolute atomic E-state index is 12.7. The molecule has 0 saturated carbocycles. The van der Waals surface area contributed by atoms with Crippen molar-refractivity contribution in [1.29, 1.82) is 0 Å². The number of nitrogens with one attached hydrogen (secondary N) is 1. The standard InChI is InChI=1S/C23H24N2O3/c1-27-19-14-17(15-20(16-19)28-2)11-12-22(26)25-23(18-8-4-3-5-9-18)21-10-6-7-13-24-21/h3-10,13-16,23H,11-12H2,1-2H3,(H,25,26). The Balaban J connectivity index is 1.71. The van der Waals surface area contributed by atoms with Gasteiger partial charge in [0.2, 0.25) is 5.91 Å². The summed E-state index contributed by atoms with van der Waals surface area (Å²) >= 11 is 0. The molecule has 1 unspecified atom stereocenters. The molecule has 3 aromatic rings. The first-order chi connectivity index (χ1) is 13.7. The third kappa shape index (κ3) is 5.10. The van der Waals surface area contributed by atoms with Crippen molar-refractivity contribution in [3.63, 3.8) is 0 Å². The lowest BCUT2D eigenvalue weighted by atomic mass is 10.0. The molecule has 1 aromatic heterocycles. The van der Waals surface area contributed by atoms with Crippen molar-refractivity contribution in [1.82, 2.24) is 10.3 Å². The van der Waals surface area contributed by atoms with Gasteiger partial charge in [0, 0.05) is 18.7 Å². The number of ether oxygens (including phenoxy) is 2. The number of benzene rings is 2. The van der Waals surface area contributed by atoms with Gasteiger partial charge in [-0.25, -0.2) is 0 Å². The van der Waals surface area contributed by atoms with Gasteiger partial charge in [-0.05, 0) is 41.8 Å². The van der Waals surface area contributed by atoms with Crippen LogP contribution in [0.25, 0.3) is 0 Å². The summed E-state index contributed by atoms with van der Waals surface area (Å²) in [6.45, 7) is 0. The molecule has 1 N–H and O–H groups in total. The van der Waals surface area contributed by atoms with E-state index in [1.54, 1.807) is 20.4 Å². The van der Waals surface area contributed by atoms with Crippen LogP contribution in [0.4, 0.5) is 0 Å². The second-order valence-corrected chi connectivity index (χ2v) is 6.39. The maximum Gasteiger partial charge on any atom is 0.221 e. The van der Waals surface area contributed by atoms with Gasteiger partial charge >= 0.3 is 0 Å². The molecule has 0 spiro atoms. The van der Waals surface area contributed by atoms with Gasteiger partial charge in [0.05, 0.1) is 26.0 Å².